The van der Waals surface area contributed by atoms with E-state index in [1.807, 2.05) is 37.3 Å². The van der Waals surface area contributed by atoms with E-state index in [-0.39, 0.29) is 24.7 Å². The van der Waals surface area contributed by atoms with Crippen LogP contribution in [0.3, 0.4) is 0 Å². The maximum absolute atomic E-state index is 14.4. The molecule has 3 aromatic rings. The number of hydrogen-bond donors (Lipinski definition) is 2. The quantitative estimate of drug-likeness (QED) is 0.253. The summed E-state index contributed by atoms with van der Waals surface area (Å²) in [5.74, 6) is 0.612. The molecule has 2 aromatic heterocycles. The molecule has 53 heavy (non-hydrogen) atoms. The highest BCUT2D eigenvalue weighted by atomic mass is 32.2. The molecular formula is C39H45N5O7S2. The predicted molar refractivity (Wildman–Crippen MR) is 202 cm³/mol. The number of benzene rings is 1. The first-order chi connectivity index (χ1) is 25.3. The lowest BCUT2D eigenvalue weighted by Gasteiger charge is -2.37. The van der Waals surface area contributed by atoms with Gasteiger partial charge in [-0.2, -0.15) is 0 Å². The molecule has 0 unspecified atom stereocenters. The minimum atomic E-state index is -3.94. The lowest BCUT2D eigenvalue weighted by atomic mass is 9.76. The number of aryl methyl sites for hydroxylation is 1. The number of hydrogen-bond acceptors (Lipinski definition) is 10. The van der Waals surface area contributed by atoms with Gasteiger partial charge in [0.25, 0.3) is 5.91 Å². The number of carbonyl (C=O) groups excluding carboxylic acids is 3. The number of aromatic nitrogens is 2. The Kier molecular flexibility index (Phi) is 9.78. The van der Waals surface area contributed by atoms with Crippen LogP contribution in [0, 0.1) is 37.0 Å². The summed E-state index contributed by atoms with van der Waals surface area (Å²) >= 11 is 1.38. The minimum Gasteiger partial charge on any atom is -0.496 e. The first kappa shape index (κ1) is 36.9. The molecule has 3 heterocycles. The number of allylic oxidation sites excluding steroid dienone is 1. The first-order valence-corrected chi connectivity index (χ1v) is 20.5. The van der Waals surface area contributed by atoms with Crippen molar-refractivity contribution in [3.8, 4) is 34.5 Å². The molecule has 0 saturated heterocycles. The molecule has 0 radical (unpaired) electrons. The van der Waals surface area contributed by atoms with Gasteiger partial charge in [-0.15, -0.1) is 17.8 Å². The van der Waals surface area contributed by atoms with Gasteiger partial charge in [0.15, 0.2) is 0 Å². The van der Waals surface area contributed by atoms with E-state index in [1.165, 1.54) is 11.3 Å². The van der Waals surface area contributed by atoms with Crippen LogP contribution in [-0.4, -0.2) is 78.1 Å². The topological polar surface area (TPSA) is 157 Å². The van der Waals surface area contributed by atoms with E-state index < -0.39 is 50.1 Å². The van der Waals surface area contributed by atoms with Crippen LogP contribution in [0.4, 0.5) is 0 Å². The van der Waals surface area contributed by atoms with Gasteiger partial charge in [0.2, 0.25) is 21.8 Å². The number of fused-ring (bicyclic) bond motifs is 3. The fourth-order valence-corrected chi connectivity index (χ4v) is 9.64. The molecule has 3 amide bonds. The number of rotatable bonds is 7. The zero-order valence-corrected chi connectivity index (χ0v) is 32.1. The second-order valence-electron chi connectivity index (χ2n) is 15.1. The molecule has 1 aromatic carbocycles. The Morgan fingerprint density at radius 1 is 1.15 bits per heavy atom. The van der Waals surface area contributed by atoms with Crippen molar-refractivity contribution in [1.82, 2.24) is 24.9 Å². The summed E-state index contributed by atoms with van der Waals surface area (Å²) in [6, 6.07) is 5.57. The Bertz CT molecular complexity index is 2150. The highest BCUT2D eigenvalue weighted by Crippen LogP contribution is 2.48. The van der Waals surface area contributed by atoms with Crippen molar-refractivity contribution in [3.05, 3.63) is 47.0 Å². The summed E-state index contributed by atoms with van der Waals surface area (Å²) in [6.07, 6.45) is 13.7. The average Bonchev–Trinajstić information content (AvgIpc) is 4.01. The van der Waals surface area contributed by atoms with Crippen molar-refractivity contribution >= 4 is 50.0 Å². The highest BCUT2D eigenvalue weighted by Gasteiger charge is 2.63. The van der Waals surface area contributed by atoms with Gasteiger partial charge in [0, 0.05) is 47.8 Å². The Morgan fingerprint density at radius 3 is 2.66 bits per heavy atom. The molecule has 1 aliphatic heterocycles. The SMILES string of the molecule is C#Cc1csc(-c2cc(O[C@H]3CC[C@H]4C(=O)N(C)CCCCC=C[C@@H]5C[C@@]5(C(=O)NS(=O)(=O)C5(C)CC5)NC(=O)[C@@H]4C3)c3ccc(OC)c(C)c3n2)n1. The third kappa shape index (κ3) is 7.01. The molecule has 7 rings (SSSR count). The minimum absolute atomic E-state index is 0.126. The number of amides is 3. The normalized spacial score (nSPS) is 27.0. The van der Waals surface area contributed by atoms with Gasteiger partial charge in [-0.05, 0) is 89.7 Å². The predicted octanol–water partition coefficient (Wildman–Crippen LogP) is 4.89. The fraction of sp³-hybridized carbons (Fsp3) is 0.513. The standard InChI is InChI=1S/C39H45N5O7S2/c1-6-25-22-52-35(40-25)30-20-32(28-14-15-31(50-5)23(2)33(28)41-30)51-26-12-13-27-29(19-26)34(45)42-39(37(47)43-53(48,49)38(3)16-17-38)21-24(39)11-9-7-8-10-18-44(4)36(27)46/h1,9,11,14-15,20,22,24,26-27,29H,7-8,10,12-13,16-19,21H2,2-5H3,(H,42,45)(H,43,47)/t24-,26+,27-,29-,39-/m1/s1. The molecule has 14 heteroatoms. The Balaban J connectivity index is 1.21. The molecule has 0 bridgehead atoms. The number of ether oxygens (including phenoxy) is 2. The van der Waals surface area contributed by atoms with E-state index in [0.717, 1.165) is 30.2 Å². The summed E-state index contributed by atoms with van der Waals surface area (Å²) in [5.41, 5.74) is 1.14. The van der Waals surface area contributed by atoms with Crippen LogP contribution in [0.15, 0.2) is 35.7 Å². The van der Waals surface area contributed by atoms with Gasteiger partial charge in [-0.1, -0.05) is 12.2 Å². The average molecular weight is 760 g/mol. The molecule has 3 aliphatic carbocycles. The van der Waals surface area contributed by atoms with Crippen molar-refractivity contribution in [2.75, 3.05) is 20.7 Å². The summed E-state index contributed by atoms with van der Waals surface area (Å²) < 4.78 is 39.9. The zero-order chi connectivity index (χ0) is 37.7. The number of thiazole rings is 1. The number of carbonyl (C=O) groups is 3. The lowest BCUT2D eigenvalue weighted by Crippen LogP contribution is -2.56. The van der Waals surface area contributed by atoms with Gasteiger partial charge >= 0.3 is 0 Å². The maximum atomic E-state index is 14.4. The molecule has 3 saturated carbocycles. The van der Waals surface area contributed by atoms with Crippen molar-refractivity contribution in [1.29, 1.82) is 0 Å². The van der Waals surface area contributed by atoms with Gasteiger partial charge in [-0.3, -0.25) is 19.1 Å². The number of methoxy groups -OCH3 is 1. The molecular weight excluding hydrogens is 715 g/mol. The number of sulfonamides is 1. The van der Waals surface area contributed by atoms with Gasteiger partial charge in [0.1, 0.15) is 33.4 Å². The van der Waals surface area contributed by atoms with E-state index in [1.54, 1.807) is 31.4 Å². The van der Waals surface area contributed by atoms with Crippen LogP contribution in [0.5, 0.6) is 11.5 Å². The van der Waals surface area contributed by atoms with Crippen LogP contribution in [-0.2, 0) is 24.4 Å². The Morgan fingerprint density at radius 2 is 1.94 bits per heavy atom. The summed E-state index contributed by atoms with van der Waals surface area (Å²) in [5, 5.41) is 6.15. The molecule has 12 nitrogen and oxygen atoms in total. The maximum Gasteiger partial charge on any atom is 0.259 e. The van der Waals surface area contributed by atoms with Crippen LogP contribution in [0.25, 0.3) is 21.6 Å². The third-order valence-electron chi connectivity index (χ3n) is 11.4. The molecule has 4 aliphatic rings. The van der Waals surface area contributed by atoms with Gasteiger partial charge < -0.3 is 19.7 Å². The third-order valence-corrected chi connectivity index (χ3v) is 14.5. The van der Waals surface area contributed by atoms with Gasteiger partial charge in [-0.25, -0.2) is 18.4 Å². The van der Waals surface area contributed by atoms with E-state index in [2.05, 4.69) is 20.9 Å². The van der Waals surface area contributed by atoms with Crippen LogP contribution in [0.2, 0.25) is 0 Å². The van der Waals surface area contributed by atoms with E-state index in [9.17, 15) is 22.8 Å². The van der Waals surface area contributed by atoms with Crippen molar-refractivity contribution in [2.45, 2.75) is 88.0 Å². The fourth-order valence-electron chi connectivity index (χ4n) is 7.61. The first-order valence-electron chi connectivity index (χ1n) is 18.2. The number of terminal acetylenes is 1. The van der Waals surface area contributed by atoms with Gasteiger partial charge in [0.05, 0.1) is 29.4 Å². The summed E-state index contributed by atoms with van der Waals surface area (Å²) in [7, 11) is -0.572. The lowest BCUT2D eigenvalue weighted by molar-refractivity contribution is -0.145. The van der Waals surface area contributed by atoms with Crippen LogP contribution >= 0.6 is 11.3 Å². The van der Waals surface area contributed by atoms with Crippen molar-refractivity contribution in [3.63, 3.8) is 0 Å². The molecule has 280 valence electrons. The molecule has 5 atom stereocenters. The summed E-state index contributed by atoms with van der Waals surface area (Å²) in [4.78, 5) is 53.4. The zero-order valence-electron chi connectivity index (χ0n) is 30.4. The molecule has 2 N–H and O–H groups in total. The number of nitrogens with zero attached hydrogens (tertiary/aromatic N) is 3. The second-order valence-corrected chi connectivity index (χ2v) is 18.1. The largest absolute Gasteiger partial charge is 0.496 e. The smallest absolute Gasteiger partial charge is 0.259 e. The van der Waals surface area contributed by atoms with E-state index in [0.29, 0.717) is 65.6 Å². The van der Waals surface area contributed by atoms with E-state index in [4.69, 9.17) is 20.9 Å². The molecule has 3 fully saturated rings. The van der Waals surface area contributed by atoms with Crippen molar-refractivity contribution in [2.24, 2.45) is 17.8 Å². The van der Waals surface area contributed by atoms with Crippen molar-refractivity contribution < 1.29 is 32.3 Å². The second kappa shape index (κ2) is 14.1. The Hall–Kier alpha value is -4.48. The summed E-state index contributed by atoms with van der Waals surface area (Å²) in [6.45, 7) is 4.10. The molecule has 0 spiro atoms. The van der Waals surface area contributed by atoms with Crippen LogP contribution in [0.1, 0.15) is 76.0 Å². The number of pyridine rings is 1. The monoisotopic (exact) mass is 759 g/mol. The van der Waals surface area contributed by atoms with E-state index >= 15 is 0 Å². The van der Waals surface area contributed by atoms with Crippen LogP contribution < -0.4 is 19.5 Å². The Labute approximate surface area is 314 Å². The number of nitrogens with one attached hydrogen (secondary N) is 2. The highest BCUT2D eigenvalue weighted by molar-refractivity contribution is 7.91.